The predicted octanol–water partition coefficient (Wildman–Crippen LogP) is 3.25. The highest BCUT2D eigenvalue weighted by Gasteiger charge is 2.03. The quantitative estimate of drug-likeness (QED) is 0.574. The van der Waals surface area contributed by atoms with E-state index in [1.54, 1.807) is 17.6 Å². The van der Waals surface area contributed by atoms with Crippen molar-refractivity contribution >= 4 is 23.5 Å². The molecule has 0 fully saturated rings. The van der Waals surface area contributed by atoms with Crippen molar-refractivity contribution in [1.82, 2.24) is 9.97 Å². The van der Waals surface area contributed by atoms with Crippen molar-refractivity contribution in [2.24, 2.45) is 5.10 Å². The molecule has 3 rings (SSSR count). The van der Waals surface area contributed by atoms with Gasteiger partial charge in [-0.05, 0) is 23.9 Å². The van der Waals surface area contributed by atoms with Crippen molar-refractivity contribution in [3.8, 4) is 11.3 Å². The van der Waals surface area contributed by atoms with Gasteiger partial charge in [-0.2, -0.15) is 5.10 Å². The van der Waals surface area contributed by atoms with Gasteiger partial charge >= 0.3 is 0 Å². The summed E-state index contributed by atoms with van der Waals surface area (Å²) in [5.74, 6) is 0.316. The van der Waals surface area contributed by atoms with Crippen LogP contribution in [0.1, 0.15) is 10.4 Å². The summed E-state index contributed by atoms with van der Waals surface area (Å²) in [4.78, 5) is 19.8. The van der Waals surface area contributed by atoms with Crippen LogP contribution in [-0.2, 0) is 0 Å². The van der Waals surface area contributed by atoms with E-state index in [2.05, 4.69) is 20.5 Å². The Morgan fingerprint density at radius 1 is 1.27 bits per heavy atom. The van der Waals surface area contributed by atoms with Gasteiger partial charge in [0.05, 0.1) is 11.9 Å². The molecular formula is C16H14N4OS. The zero-order valence-electron chi connectivity index (χ0n) is 11.9. The first-order valence-electron chi connectivity index (χ1n) is 6.72. The number of aryl methyl sites for hydroxylation is 1. The second-order valence-corrected chi connectivity index (χ2v) is 5.63. The van der Waals surface area contributed by atoms with Gasteiger partial charge in [0, 0.05) is 16.5 Å². The van der Waals surface area contributed by atoms with E-state index in [4.69, 9.17) is 0 Å². The summed E-state index contributed by atoms with van der Waals surface area (Å²) in [7, 11) is 0. The van der Waals surface area contributed by atoms with Gasteiger partial charge in [0.2, 0.25) is 5.95 Å². The summed E-state index contributed by atoms with van der Waals surface area (Å²) in [6.45, 7) is 2.02. The Balaban J connectivity index is 1.83. The molecule has 0 spiro atoms. The maximum Gasteiger partial charge on any atom is 0.252 e. The molecule has 3 aromatic rings. The van der Waals surface area contributed by atoms with Gasteiger partial charge in [-0.3, -0.25) is 9.78 Å². The zero-order chi connectivity index (χ0) is 15.4. The van der Waals surface area contributed by atoms with Crippen LogP contribution in [0.2, 0.25) is 0 Å². The lowest BCUT2D eigenvalue weighted by Crippen LogP contribution is -2.10. The molecule has 0 aliphatic heterocycles. The fourth-order valence-corrected chi connectivity index (χ4v) is 2.72. The highest BCUT2D eigenvalue weighted by molar-refractivity contribution is 7.11. The minimum absolute atomic E-state index is 0.223. The van der Waals surface area contributed by atoms with Gasteiger partial charge in [0.25, 0.3) is 5.56 Å². The Hall–Kier alpha value is -2.73. The summed E-state index contributed by atoms with van der Waals surface area (Å²) >= 11 is 1.61. The van der Waals surface area contributed by atoms with Gasteiger partial charge in [-0.25, -0.2) is 10.4 Å². The SMILES string of the molecule is Cc1ccsc1/C=N/Nc1nc(-c2ccccc2)cc(=O)[nH]1. The van der Waals surface area contributed by atoms with Crippen LogP contribution in [-0.4, -0.2) is 16.2 Å². The largest absolute Gasteiger partial charge is 0.291 e. The number of rotatable bonds is 4. The number of aromatic nitrogens is 2. The number of hydrogen-bond acceptors (Lipinski definition) is 5. The molecule has 2 N–H and O–H groups in total. The van der Waals surface area contributed by atoms with Crippen molar-refractivity contribution in [1.29, 1.82) is 0 Å². The van der Waals surface area contributed by atoms with Crippen LogP contribution in [0.5, 0.6) is 0 Å². The Morgan fingerprint density at radius 2 is 2.09 bits per heavy atom. The van der Waals surface area contributed by atoms with Gasteiger partial charge < -0.3 is 0 Å². The minimum atomic E-state index is -0.223. The van der Waals surface area contributed by atoms with Crippen LogP contribution >= 0.6 is 11.3 Å². The van der Waals surface area contributed by atoms with E-state index in [0.29, 0.717) is 11.6 Å². The number of nitrogens with zero attached hydrogens (tertiary/aromatic N) is 2. The first-order chi connectivity index (χ1) is 10.7. The van der Waals surface area contributed by atoms with Gasteiger partial charge in [0.15, 0.2) is 0 Å². The van der Waals surface area contributed by atoms with E-state index in [1.807, 2.05) is 48.7 Å². The summed E-state index contributed by atoms with van der Waals surface area (Å²) in [5.41, 5.74) is 5.20. The molecule has 22 heavy (non-hydrogen) atoms. The van der Waals surface area contributed by atoms with E-state index < -0.39 is 0 Å². The maximum absolute atomic E-state index is 11.7. The molecule has 0 amide bonds. The standard InChI is InChI=1S/C16H14N4OS/c1-11-7-8-22-14(11)10-17-20-16-18-13(9-15(21)19-16)12-5-3-2-4-6-12/h2-10H,1H3,(H2,18,19,20,21)/b17-10+. The van der Waals surface area contributed by atoms with Gasteiger partial charge in [-0.1, -0.05) is 30.3 Å². The molecule has 0 saturated heterocycles. The third-order valence-electron chi connectivity index (χ3n) is 3.07. The summed E-state index contributed by atoms with van der Waals surface area (Å²) < 4.78 is 0. The highest BCUT2D eigenvalue weighted by Crippen LogP contribution is 2.15. The number of aromatic amines is 1. The molecule has 6 heteroatoms. The van der Waals surface area contributed by atoms with Crippen molar-refractivity contribution in [2.45, 2.75) is 6.92 Å². The molecule has 0 radical (unpaired) electrons. The van der Waals surface area contributed by atoms with Crippen LogP contribution in [0.4, 0.5) is 5.95 Å². The van der Waals surface area contributed by atoms with Gasteiger partial charge in [0.1, 0.15) is 0 Å². The number of hydrazone groups is 1. The monoisotopic (exact) mass is 310 g/mol. The predicted molar refractivity (Wildman–Crippen MR) is 90.6 cm³/mol. The molecule has 2 aromatic heterocycles. The number of thiophene rings is 1. The van der Waals surface area contributed by atoms with Crippen LogP contribution in [0.3, 0.4) is 0 Å². The second kappa shape index (κ2) is 6.36. The normalized spacial score (nSPS) is 11.0. The average molecular weight is 310 g/mol. The van der Waals surface area contributed by atoms with E-state index in [9.17, 15) is 4.79 Å². The molecule has 1 aromatic carbocycles. The number of anilines is 1. The third-order valence-corrected chi connectivity index (χ3v) is 4.02. The zero-order valence-corrected chi connectivity index (χ0v) is 12.7. The minimum Gasteiger partial charge on any atom is -0.291 e. The molecule has 0 bridgehead atoms. The highest BCUT2D eigenvalue weighted by atomic mass is 32.1. The maximum atomic E-state index is 11.7. The van der Waals surface area contributed by atoms with E-state index >= 15 is 0 Å². The Morgan fingerprint density at radius 3 is 2.82 bits per heavy atom. The summed E-state index contributed by atoms with van der Waals surface area (Å²) in [5, 5.41) is 6.13. The number of nitrogens with one attached hydrogen (secondary N) is 2. The molecule has 0 atom stereocenters. The lowest BCUT2D eigenvalue weighted by Gasteiger charge is -2.03. The van der Waals surface area contributed by atoms with E-state index in [1.165, 1.54) is 6.07 Å². The lowest BCUT2D eigenvalue weighted by atomic mass is 10.1. The van der Waals surface area contributed by atoms with Crippen molar-refractivity contribution in [3.05, 3.63) is 68.6 Å². The number of hydrogen-bond donors (Lipinski definition) is 2. The smallest absolute Gasteiger partial charge is 0.252 e. The van der Waals surface area contributed by atoms with Crippen molar-refractivity contribution in [2.75, 3.05) is 5.43 Å². The Labute approximate surface area is 131 Å². The molecule has 5 nitrogen and oxygen atoms in total. The second-order valence-electron chi connectivity index (χ2n) is 4.68. The fraction of sp³-hybridized carbons (Fsp3) is 0.0625. The molecule has 0 aliphatic carbocycles. The van der Waals surface area contributed by atoms with E-state index in [-0.39, 0.29) is 5.56 Å². The molecule has 2 heterocycles. The average Bonchev–Trinajstić information content (AvgIpc) is 2.93. The fourth-order valence-electron chi connectivity index (χ4n) is 1.94. The van der Waals surface area contributed by atoms with Crippen molar-refractivity contribution in [3.63, 3.8) is 0 Å². The van der Waals surface area contributed by atoms with E-state index in [0.717, 1.165) is 16.0 Å². The molecule has 110 valence electrons. The van der Waals surface area contributed by atoms with Crippen LogP contribution < -0.4 is 11.0 Å². The van der Waals surface area contributed by atoms with Crippen LogP contribution in [0.25, 0.3) is 11.3 Å². The molecular weight excluding hydrogens is 296 g/mol. The van der Waals surface area contributed by atoms with Crippen LogP contribution in [0.15, 0.2) is 57.7 Å². The topological polar surface area (TPSA) is 70.1 Å². The molecule has 0 aliphatic rings. The Kier molecular flexibility index (Phi) is 4.11. The third kappa shape index (κ3) is 3.29. The van der Waals surface area contributed by atoms with Gasteiger partial charge in [-0.15, -0.1) is 11.3 Å². The molecule has 0 saturated carbocycles. The molecule has 0 unspecified atom stereocenters. The van der Waals surface area contributed by atoms with Crippen molar-refractivity contribution < 1.29 is 0 Å². The lowest BCUT2D eigenvalue weighted by molar-refractivity contribution is 1.09. The summed E-state index contributed by atoms with van der Waals surface area (Å²) in [6, 6.07) is 13.0. The first-order valence-corrected chi connectivity index (χ1v) is 7.60. The number of benzene rings is 1. The van der Waals surface area contributed by atoms with Crippen LogP contribution in [0, 0.1) is 6.92 Å². The first kappa shape index (κ1) is 14.2. The Bertz CT molecular complexity index is 852. The summed E-state index contributed by atoms with van der Waals surface area (Å²) in [6.07, 6.45) is 1.72. The number of H-pyrrole nitrogens is 1.